The molecule has 1 aliphatic heterocycles. The van der Waals surface area contributed by atoms with Crippen LogP contribution in [-0.4, -0.2) is 7.48 Å². The van der Waals surface area contributed by atoms with Gasteiger partial charge in [-0.1, -0.05) is 18.2 Å². The van der Waals surface area contributed by atoms with Crippen LogP contribution >= 0.6 is 0 Å². The van der Waals surface area contributed by atoms with Gasteiger partial charge in [0.25, 0.3) is 0 Å². The Balaban J connectivity index is 1.67. The molecule has 19 heavy (non-hydrogen) atoms. The molecule has 2 aromatic carbocycles. The highest BCUT2D eigenvalue weighted by Gasteiger charge is 2.13. The quantitative estimate of drug-likeness (QED) is 0.776. The van der Waals surface area contributed by atoms with Crippen LogP contribution in [0.25, 0.3) is 0 Å². The molecule has 0 amide bonds. The maximum atomic E-state index is 8.73. The third kappa shape index (κ3) is 2.62. The fraction of sp³-hybridized carbons (Fsp3) is 0.133. The van der Waals surface area contributed by atoms with Gasteiger partial charge in [0, 0.05) is 0 Å². The van der Waals surface area contributed by atoms with Crippen LogP contribution in [0.15, 0.2) is 42.5 Å². The number of nitriles is 1. The van der Waals surface area contributed by atoms with Crippen molar-refractivity contribution in [3.63, 3.8) is 0 Å². The highest BCUT2D eigenvalue weighted by molar-refractivity contribution is 6.48. The van der Waals surface area contributed by atoms with Crippen LogP contribution in [0, 0.1) is 11.3 Å². The second-order valence-corrected chi connectivity index (χ2v) is 4.52. The van der Waals surface area contributed by atoms with Crippen LogP contribution in [0.4, 0.5) is 0 Å². The van der Waals surface area contributed by atoms with Gasteiger partial charge < -0.3 is 9.39 Å². The molecule has 3 rings (SSSR count). The number of hydrogen-bond acceptors (Lipinski definition) is 3. The van der Waals surface area contributed by atoms with E-state index in [1.54, 1.807) is 12.1 Å². The van der Waals surface area contributed by atoms with Crippen LogP contribution in [0.2, 0.25) is 0 Å². The SMILES string of the molecule is N#Cc1ccc(COc2ccc3c(c2)COB3)cc1. The molecule has 0 atom stereocenters. The van der Waals surface area contributed by atoms with E-state index in [0.717, 1.165) is 11.3 Å². The van der Waals surface area contributed by atoms with Gasteiger partial charge in [-0.3, -0.25) is 0 Å². The van der Waals surface area contributed by atoms with Crippen molar-refractivity contribution in [1.82, 2.24) is 0 Å². The van der Waals surface area contributed by atoms with E-state index in [2.05, 4.69) is 12.1 Å². The number of nitrogens with zero attached hydrogens (tertiary/aromatic N) is 1. The van der Waals surface area contributed by atoms with Crippen LogP contribution < -0.4 is 10.2 Å². The van der Waals surface area contributed by atoms with Crippen LogP contribution in [-0.2, 0) is 17.9 Å². The molecule has 0 aliphatic carbocycles. The Morgan fingerprint density at radius 1 is 1.21 bits per heavy atom. The minimum Gasteiger partial charge on any atom is -0.489 e. The molecule has 0 unspecified atom stereocenters. The second-order valence-electron chi connectivity index (χ2n) is 4.52. The van der Waals surface area contributed by atoms with Crippen LogP contribution in [0.5, 0.6) is 5.75 Å². The summed E-state index contributed by atoms with van der Waals surface area (Å²) in [6.07, 6.45) is 0. The molecule has 0 fully saturated rings. The van der Waals surface area contributed by atoms with Gasteiger partial charge in [-0.05, 0) is 40.9 Å². The maximum absolute atomic E-state index is 8.73. The van der Waals surface area contributed by atoms with Gasteiger partial charge in [0.1, 0.15) is 12.4 Å². The summed E-state index contributed by atoms with van der Waals surface area (Å²) < 4.78 is 11.1. The molecule has 1 heterocycles. The predicted octanol–water partition coefficient (Wildman–Crippen LogP) is 1.64. The third-order valence-electron chi connectivity index (χ3n) is 3.18. The van der Waals surface area contributed by atoms with Gasteiger partial charge in [-0.25, -0.2) is 0 Å². The Bertz CT molecular complexity index is 632. The molecule has 0 bridgehead atoms. The Labute approximate surface area is 112 Å². The molecule has 1 aliphatic rings. The average molecular weight is 249 g/mol. The van der Waals surface area contributed by atoms with Crippen molar-refractivity contribution < 1.29 is 9.39 Å². The van der Waals surface area contributed by atoms with E-state index in [9.17, 15) is 0 Å². The van der Waals surface area contributed by atoms with E-state index in [-0.39, 0.29) is 0 Å². The summed E-state index contributed by atoms with van der Waals surface area (Å²) in [5, 5.41) is 8.73. The lowest BCUT2D eigenvalue weighted by Crippen LogP contribution is -2.10. The van der Waals surface area contributed by atoms with Crippen molar-refractivity contribution in [2.24, 2.45) is 0 Å². The second kappa shape index (κ2) is 5.17. The van der Waals surface area contributed by atoms with Crippen molar-refractivity contribution in [2.75, 3.05) is 0 Å². The highest BCUT2D eigenvalue weighted by Crippen LogP contribution is 2.17. The van der Waals surface area contributed by atoms with Gasteiger partial charge in [0.2, 0.25) is 0 Å². The molecule has 0 aromatic heterocycles. The number of rotatable bonds is 3. The molecule has 0 N–H and O–H groups in total. The summed E-state index contributed by atoms with van der Waals surface area (Å²) in [5.41, 5.74) is 4.16. The van der Waals surface area contributed by atoms with Crippen molar-refractivity contribution >= 4 is 12.9 Å². The molecule has 3 nitrogen and oxygen atoms in total. The van der Waals surface area contributed by atoms with E-state index < -0.39 is 0 Å². The third-order valence-corrected chi connectivity index (χ3v) is 3.18. The number of benzene rings is 2. The minimum absolute atomic E-state index is 0.505. The summed E-state index contributed by atoms with van der Waals surface area (Å²) >= 11 is 0. The first-order valence-electron chi connectivity index (χ1n) is 6.16. The summed E-state index contributed by atoms with van der Waals surface area (Å²) in [7, 11) is 0.700. The Hall–Kier alpha value is -2.25. The minimum atomic E-state index is 0.505. The van der Waals surface area contributed by atoms with Crippen LogP contribution in [0.3, 0.4) is 0 Å². The fourth-order valence-corrected chi connectivity index (χ4v) is 2.08. The number of hydrogen-bond donors (Lipinski definition) is 0. The standard InChI is InChI=1S/C15H12BNO2/c17-8-11-1-3-12(4-2-11)9-18-14-5-6-15-13(7-14)10-19-16-15/h1-7,16H,9-10H2. The summed E-state index contributed by atoms with van der Waals surface area (Å²) in [5.74, 6) is 0.855. The van der Waals surface area contributed by atoms with Gasteiger partial charge >= 0.3 is 7.48 Å². The van der Waals surface area contributed by atoms with Crippen molar-refractivity contribution in [3.8, 4) is 11.8 Å². The zero-order valence-corrected chi connectivity index (χ0v) is 10.4. The summed E-state index contributed by atoms with van der Waals surface area (Å²) in [6, 6.07) is 15.6. The first-order valence-corrected chi connectivity index (χ1v) is 6.16. The lowest BCUT2D eigenvalue weighted by Gasteiger charge is -2.07. The first-order chi connectivity index (χ1) is 9.35. The molecular weight excluding hydrogens is 237 g/mol. The number of fused-ring (bicyclic) bond motifs is 1. The maximum Gasteiger partial charge on any atom is 0.309 e. The van der Waals surface area contributed by atoms with Crippen LogP contribution in [0.1, 0.15) is 16.7 Å². The molecule has 0 saturated heterocycles. The van der Waals surface area contributed by atoms with Crippen molar-refractivity contribution in [2.45, 2.75) is 13.2 Å². The average Bonchev–Trinajstić information content (AvgIpc) is 2.93. The monoisotopic (exact) mass is 249 g/mol. The zero-order chi connectivity index (χ0) is 13.1. The van der Waals surface area contributed by atoms with E-state index in [1.165, 1.54) is 11.0 Å². The van der Waals surface area contributed by atoms with Gasteiger partial charge in [0.05, 0.1) is 18.2 Å². The fourth-order valence-electron chi connectivity index (χ4n) is 2.08. The first kappa shape index (κ1) is 11.8. The molecular formula is C15H12BNO2. The normalized spacial score (nSPS) is 12.4. The van der Waals surface area contributed by atoms with Gasteiger partial charge in [-0.15, -0.1) is 0 Å². The molecule has 2 aromatic rings. The van der Waals surface area contributed by atoms with E-state index in [1.807, 2.05) is 24.3 Å². The number of ether oxygens (including phenoxy) is 1. The lowest BCUT2D eigenvalue weighted by atomic mass is 9.87. The van der Waals surface area contributed by atoms with Gasteiger partial charge in [0.15, 0.2) is 0 Å². The topological polar surface area (TPSA) is 42.2 Å². The Kier molecular flexibility index (Phi) is 3.22. The lowest BCUT2D eigenvalue weighted by molar-refractivity contribution is 0.304. The Morgan fingerprint density at radius 3 is 2.84 bits per heavy atom. The molecule has 0 spiro atoms. The van der Waals surface area contributed by atoms with E-state index in [4.69, 9.17) is 14.7 Å². The van der Waals surface area contributed by atoms with Crippen molar-refractivity contribution in [1.29, 1.82) is 5.26 Å². The summed E-state index contributed by atoms with van der Waals surface area (Å²) in [4.78, 5) is 0. The summed E-state index contributed by atoms with van der Waals surface area (Å²) in [6.45, 7) is 1.18. The van der Waals surface area contributed by atoms with Gasteiger partial charge in [-0.2, -0.15) is 5.26 Å². The Morgan fingerprint density at radius 2 is 2.05 bits per heavy atom. The predicted molar refractivity (Wildman–Crippen MR) is 73.5 cm³/mol. The molecule has 92 valence electrons. The molecule has 4 heteroatoms. The highest BCUT2D eigenvalue weighted by atomic mass is 16.5. The molecule has 0 saturated carbocycles. The zero-order valence-electron chi connectivity index (χ0n) is 10.4. The van der Waals surface area contributed by atoms with E-state index >= 15 is 0 Å². The van der Waals surface area contributed by atoms with Crippen molar-refractivity contribution in [3.05, 3.63) is 59.2 Å². The molecule has 0 radical (unpaired) electrons. The van der Waals surface area contributed by atoms with E-state index in [0.29, 0.717) is 26.3 Å². The smallest absolute Gasteiger partial charge is 0.309 e. The largest absolute Gasteiger partial charge is 0.489 e.